The molecule has 0 aliphatic carbocycles. The molecule has 1 rings (SSSR count). The van der Waals surface area contributed by atoms with Gasteiger partial charge in [-0.15, -0.1) is 0 Å². The molecule has 0 saturated carbocycles. The summed E-state index contributed by atoms with van der Waals surface area (Å²) in [6.45, 7) is 0. The van der Waals surface area contributed by atoms with E-state index < -0.39 is 6.09 Å². The Morgan fingerprint density at radius 1 is 1.40 bits per heavy atom. The van der Waals surface area contributed by atoms with Crippen LogP contribution in [0, 0.1) is 0 Å². The topological polar surface area (TPSA) is 43.4 Å². The summed E-state index contributed by atoms with van der Waals surface area (Å²) in [7, 11) is 1.76. The number of hydrogen-bond donors (Lipinski definition) is 0. The van der Waals surface area contributed by atoms with Crippen molar-refractivity contribution < 1.29 is 9.90 Å². The molecule has 0 aliphatic heterocycles. The highest BCUT2D eigenvalue weighted by Gasteiger charge is 2.12. The minimum Gasteiger partial charge on any atom is -0.530 e. The van der Waals surface area contributed by atoms with Crippen molar-refractivity contribution in [3.63, 3.8) is 0 Å². The summed E-state index contributed by atoms with van der Waals surface area (Å²) in [6, 6.07) is 7.52. The van der Waals surface area contributed by atoms with Crippen molar-refractivity contribution in [2.24, 2.45) is 0 Å². The van der Waals surface area contributed by atoms with Crippen molar-refractivity contribution in [3.05, 3.63) is 29.8 Å². The monoisotopic (exact) mass is 225 g/mol. The van der Waals surface area contributed by atoms with Crippen molar-refractivity contribution >= 4 is 22.7 Å². The maximum absolute atomic E-state index is 10.8. The molecule has 0 atom stereocenters. The zero-order valence-electron chi connectivity index (χ0n) is 9.19. The Bertz CT molecular complexity index is 352. The molecular formula is C11H15NO2S. The summed E-state index contributed by atoms with van der Waals surface area (Å²) in [5.41, 5.74) is 1.77. The number of nitrogens with zero attached hydrogens (tertiary/aromatic N) is 1. The van der Waals surface area contributed by atoms with Crippen LogP contribution in [-0.4, -0.2) is 25.7 Å². The van der Waals surface area contributed by atoms with Crippen LogP contribution in [0.2, 0.25) is 0 Å². The molecule has 1 aromatic carbocycles. The minimum atomic E-state index is -1.17. The van der Waals surface area contributed by atoms with E-state index in [-0.39, 0.29) is 10.9 Å². The van der Waals surface area contributed by atoms with Gasteiger partial charge in [0.15, 0.2) is 0 Å². The Hall–Kier alpha value is -1.16. The van der Waals surface area contributed by atoms with E-state index in [9.17, 15) is 9.90 Å². The molecule has 15 heavy (non-hydrogen) atoms. The molecule has 0 unspecified atom stereocenters. The molecule has 0 aromatic heterocycles. The standard InChI is InChI=1S/C11H15NO2S/c1-12(11(13)14)10-7-5-4-6-9(10)8-15(2)3/h4-7H,8H2,1-3H3. The van der Waals surface area contributed by atoms with Crippen molar-refractivity contribution in [1.82, 2.24) is 0 Å². The van der Waals surface area contributed by atoms with E-state index in [1.165, 1.54) is 7.05 Å². The zero-order valence-corrected chi connectivity index (χ0v) is 10.0. The molecule has 1 amide bonds. The van der Waals surface area contributed by atoms with Crippen molar-refractivity contribution in [2.75, 3.05) is 24.5 Å². The van der Waals surface area contributed by atoms with Gasteiger partial charge in [-0.25, -0.2) is 0 Å². The van der Waals surface area contributed by atoms with Crippen LogP contribution in [0.4, 0.5) is 10.5 Å². The lowest BCUT2D eigenvalue weighted by Crippen LogP contribution is -2.38. The van der Waals surface area contributed by atoms with E-state index in [4.69, 9.17) is 0 Å². The van der Waals surface area contributed by atoms with Gasteiger partial charge in [-0.1, -0.05) is 18.2 Å². The number of para-hydroxylation sites is 1. The third-order valence-electron chi connectivity index (χ3n) is 2.07. The second-order valence-corrected chi connectivity index (χ2v) is 5.84. The number of hydrogen-bond acceptors (Lipinski definition) is 2. The smallest absolute Gasteiger partial charge is 0.141 e. The van der Waals surface area contributed by atoms with Crippen LogP contribution in [0.5, 0.6) is 0 Å². The molecule has 0 heterocycles. The van der Waals surface area contributed by atoms with Crippen LogP contribution < -0.4 is 10.0 Å². The molecule has 0 saturated heterocycles. The Labute approximate surface area is 93.1 Å². The van der Waals surface area contributed by atoms with E-state index in [1.54, 1.807) is 6.07 Å². The normalized spacial score (nSPS) is 10.4. The predicted molar refractivity (Wildman–Crippen MR) is 63.2 cm³/mol. The van der Waals surface area contributed by atoms with E-state index in [1.807, 2.05) is 18.2 Å². The fourth-order valence-corrected chi connectivity index (χ4v) is 2.24. The van der Waals surface area contributed by atoms with E-state index in [0.29, 0.717) is 0 Å². The Morgan fingerprint density at radius 3 is 2.53 bits per heavy atom. The van der Waals surface area contributed by atoms with E-state index in [0.717, 1.165) is 21.9 Å². The van der Waals surface area contributed by atoms with Crippen LogP contribution in [0.15, 0.2) is 24.3 Å². The predicted octanol–water partition coefficient (Wildman–Crippen LogP) is 0.844. The van der Waals surface area contributed by atoms with Crippen LogP contribution >= 0.6 is 0 Å². The maximum atomic E-state index is 10.8. The summed E-state index contributed by atoms with van der Waals surface area (Å²) < 4.78 is 0. The SMILES string of the molecule is CN(C(=O)[O-])c1ccccc1C[S+](C)C. The molecule has 0 bridgehead atoms. The average molecular weight is 225 g/mol. The van der Waals surface area contributed by atoms with Crippen LogP contribution in [0.1, 0.15) is 5.56 Å². The number of anilines is 1. The molecule has 0 aliphatic rings. The fourth-order valence-electron chi connectivity index (χ4n) is 1.37. The summed E-state index contributed by atoms with van der Waals surface area (Å²) in [5.74, 6) is 0.897. The summed E-state index contributed by atoms with van der Waals surface area (Å²) in [6.07, 6.45) is 3.10. The molecular weight excluding hydrogens is 210 g/mol. The molecule has 0 spiro atoms. The number of amides is 1. The number of carbonyl (C=O) groups excluding carboxylic acids is 1. The molecule has 82 valence electrons. The van der Waals surface area contributed by atoms with Gasteiger partial charge >= 0.3 is 0 Å². The Kier molecular flexibility index (Phi) is 4.03. The number of rotatable bonds is 3. The van der Waals surface area contributed by atoms with Crippen molar-refractivity contribution in [1.29, 1.82) is 0 Å². The lowest BCUT2D eigenvalue weighted by molar-refractivity contribution is -0.246. The van der Waals surface area contributed by atoms with E-state index in [2.05, 4.69) is 12.5 Å². The first-order valence-corrected chi connectivity index (χ1v) is 6.80. The van der Waals surface area contributed by atoms with Gasteiger partial charge in [0.1, 0.15) is 11.8 Å². The Balaban J connectivity index is 3.00. The van der Waals surface area contributed by atoms with Crippen molar-refractivity contribution in [2.45, 2.75) is 5.75 Å². The molecule has 3 nitrogen and oxygen atoms in total. The quantitative estimate of drug-likeness (QED) is 0.716. The number of carboxylic acid groups (broad SMARTS) is 1. The third kappa shape index (κ3) is 3.16. The van der Waals surface area contributed by atoms with Gasteiger partial charge in [0.25, 0.3) is 0 Å². The second-order valence-electron chi connectivity index (χ2n) is 3.58. The van der Waals surface area contributed by atoms with Crippen LogP contribution in [0.25, 0.3) is 0 Å². The lowest BCUT2D eigenvalue weighted by atomic mass is 10.2. The van der Waals surface area contributed by atoms with Gasteiger partial charge in [-0.3, -0.25) is 0 Å². The first kappa shape index (κ1) is 11.9. The zero-order chi connectivity index (χ0) is 11.4. The molecule has 0 radical (unpaired) electrons. The highest BCUT2D eigenvalue weighted by Crippen LogP contribution is 2.20. The van der Waals surface area contributed by atoms with Crippen LogP contribution in [0.3, 0.4) is 0 Å². The maximum Gasteiger partial charge on any atom is 0.141 e. The molecule has 1 aromatic rings. The summed E-state index contributed by atoms with van der Waals surface area (Å²) >= 11 is 0. The molecule has 0 fully saturated rings. The van der Waals surface area contributed by atoms with Crippen molar-refractivity contribution in [3.8, 4) is 0 Å². The minimum absolute atomic E-state index is 0.253. The Morgan fingerprint density at radius 2 is 2.00 bits per heavy atom. The fraction of sp³-hybridized carbons (Fsp3) is 0.364. The highest BCUT2D eigenvalue weighted by molar-refractivity contribution is 7.94. The molecule has 0 N–H and O–H groups in total. The van der Waals surface area contributed by atoms with Gasteiger partial charge < -0.3 is 14.8 Å². The molecule has 4 heteroatoms. The number of carbonyl (C=O) groups is 1. The highest BCUT2D eigenvalue weighted by atomic mass is 32.2. The second kappa shape index (κ2) is 5.07. The van der Waals surface area contributed by atoms with Gasteiger partial charge in [-0.2, -0.15) is 0 Å². The first-order chi connectivity index (χ1) is 7.02. The van der Waals surface area contributed by atoms with Crippen LogP contribution in [-0.2, 0) is 16.6 Å². The van der Waals surface area contributed by atoms with Gasteiger partial charge in [0.2, 0.25) is 0 Å². The summed E-state index contributed by atoms with van der Waals surface area (Å²) in [4.78, 5) is 11.9. The summed E-state index contributed by atoms with van der Waals surface area (Å²) in [5, 5.41) is 10.8. The number of benzene rings is 1. The van der Waals surface area contributed by atoms with E-state index >= 15 is 0 Å². The lowest BCUT2D eigenvalue weighted by Gasteiger charge is -2.21. The third-order valence-corrected chi connectivity index (χ3v) is 2.96. The average Bonchev–Trinajstić information content (AvgIpc) is 2.16. The van der Waals surface area contributed by atoms with Gasteiger partial charge in [0, 0.05) is 18.3 Å². The first-order valence-electron chi connectivity index (χ1n) is 4.59. The van der Waals surface area contributed by atoms with Gasteiger partial charge in [0.05, 0.1) is 12.5 Å². The van der Waals surface area contributed by atoms with Gasteiger partial charge in [-0.05, 0) is 17.0 Å². The largest absolute Gasteiger partial charge is 0.530 e.